The van der Waals surface area contributed by atoms with Crippen LogP contribution in [0.15, 0.2) is 33.6 Å². The maximum absolute atomic E-state index is 12.3. The normalized spacial score (nSPS) is 11.8. The van der Waals surface area contributed by atoms with E-state index in [9.17, 15) is 8.42 Å². The van der Waals surface area contributed by atoms with E-state index < -0.39 is 10.0 Å². The zero-order chi connectivity index (χ0) is 14.9. The van der Waals surface area contributed by atoms with Gasteiger partial charge in [0.05, 0.1) is 5.69 Å². The Balaban J connectivity index is 2.24. The van der Waals surface area contributed by atoms with Crippen molar-refractivity contribution in [3.63, 3.8) is 0 Å². The van der Waals surface area contributed by atoms with Crippen LogP contribution in [0.4, 0.5) is 5.82 Å². The molecule has 0 aliphatic rings. The molecule has 0 saturated heterocycles. The van der Waals surface area contributed by atoms with E-state index in [1.165, 1.54) is 4.68 Å². The number of anilines is 1. The van der Waals surface area contributed by atoms with Crippen LogP contribution in [-0.2, 0) is 23.6 Å². The number of sulfonamides is 1. The summed E-state index contributed by atoms with van der Waals surface area (Å²) in [6.07, 6.45) is 0. The third-order valence-corrected chi connectivity index (χ3v) is 4.99. The van der Waals surface area contributed by atoms with Crippen molar-refractivity contribution in [3.05, 3.63) is 40.0 Å². The van der Waals surface area contributed by atoms with Crippen LogP contribution in [0.2, 0.25) is 0 Å². The Labute approximate surface area is 126 Å². The van der Waals surface area contributed by atoms with Crippen molar-refractivity contribution in [1.82, 2.24) is 14.5 Å². The van der Waals surface area contributed by atoms with E-state index in [1.807, 2.05) is 24.3 Å². The predicted octanol–water partition coefficient (Wildman–Crippen LogP) is 1.55. The van der Waals surface area contributed by atoms with Crippen molar-refractivity contribution in [2.45, 2.75) is 18.4 Å². The minimum Gasteiger partial charge on any atom is -0.381 e. The van der Waals surface area contributed by atoms with Crippen LogP contribution in [0.1, 0.15) is 11.3 Å². The SMILES string of the molecule is Cc1c(S(=O)(=O)NCc2cccc(Br)c2)c(N)nn1C. The molecule has 0 radical (unpaired) electrons. The lowest BCUT2D eigenvalue weighted by molar-refractivity contribution is 0.580. The molecule has 0 spiro atoms. The van der Waals surface area contributed by atoms with E-state index in [2.05, 4.69) is 25.8 Å². The van der Waals surface area contributed by atoms with Crippen LogP contribution in [0, 0.1) is 6.92 Å². The molecular weight excluding hydrogens is 344 g/mol. The lowest BCUT2D eigenvalue weighted by Crippen LogP contribution is -2.24. The van der Waals surface area contributed by atoms with Gasteiger partial charge >= 0.3 is 0 Å². The van der Waals surface area contributed by atoms with E-state index in [-0.39, 0.29) is 17.3 Å². The fourth-order valence-corrected chi connectivity index (χ4v) is 3.63. The molecule has 0 saturated carbocycles. The van der Waals surface area contributed by atoms with Gasteiger partial charge in [-0.1, -0.05) is 28.1 Å². The van der Waals surface area contributed by atoms with Gasteiger partial charge in [-0.3, -0.25) is 4.68 Å². The molecule has 0 aliphatic carbocycles. The summed E-state index contributed by atoms with van der Waals surface area (Å²) >= 11 is 3.34. The van der Waals surface area contributed by atoms with Crippen molar-refractivity contribution in [3.8, 4) is 0 Å². The van der Waals surface area contributed by atoms with Gasteiger partial charge in [-0.05, 0) is 24.6 Å². The summed E-state index contributed by atoms with van der Waals surface area (Å²) in [7, 11) is -2.03. The van der Waals surface area contributed by atoms with Crippen LogP contribution in [0.25, 0.3) is 0 Å². The number of aryl methyl sites for hydroxylation is 1. The largest absolute Gasteiger partial charge is 0.381 e. The number of halogens is 1. The Morgan fingerprint density at radius 1 is 1.45 bits per heavy atom. The molecule has 0 bridgehead atoms. The molecule has 2 aromatic rings. The minimum atomic E-state index is -3.69. The highest BCUT2D eigenvalue weighted by molar-refractivity contribution is 9.10. The van der Waals surface area contributed by atoms with Crippen LogP contribution in [0.3, 0.4) is 0 Å². The number of aromatic nitrogens is 2. The Bertz CT molecular complexity index is 740. The quantitative estimate of drug-likeness (QED) is 0.867. The summed E-state index contributed by atoms with van der Waals surface area (Å²) in [5, 5.41) is 3.91. The second-order valence-electron chi connectivity index (χ2n) is 4.38. The summed E-state index contributed by atoms with van der Waals surface area (Å²) in [6, 6.07) is 7.41. The van der Waals surface area contributed by atoms with E-state index in [4.69, 9.17) is 5.73 Å². The van der Waals surface area contributed by atoms with Gasteiger partial charge in [-0.15, -0.1) is 0 Å². The van der Waals surface area contributed by atoms with Crippen molar-refractivity contribution in [2.24, 2.45) is 7.05 Å². The van der Waals surface area contributed by atoms with Gasteiger partial charge in [0.2, 0.25) is 10.0 Å². The molecule has 1 aromatic heterocycles. The lowest BCUT2D eigenvalue weighted by Gasteiger charge is -2.07. The van der Waals surface area contributed by atoms with Gasteiger partial charge in [0, 0.05) is 18.1 Å². The van der Waals surface area contributed by atoms with Gasteiger partial charge in [-0.25, -0.2) is 13.1 Å². The second kappa shape index (κ2) is 5.55. The zero-order valence-corrected chi connectivity index (χ0v) is 13.5. The first-order valence-corrected chi connectivity index (χ1v) is 8.12. The average molecular weight is 359 g/mol. The molecule has 0 atom stereocenters. The van der Waals surface area contributed by atoms with E-state index >= 15 is 0 Å². The topological polar surface area (TPSA) is 90.0 Å². The molecule has 1 heterocycles. The summed E-state index contributed by atoms with van der Waals surface area (Å²) in [4.78, 5) is 0.0370. The molecule has 0 aliphatic heterocycles. The van der Waals surface area contributed by atoms with Crippen molar-refractivity contribution in [1.29, 1.82) is 0 Å². The first-order chi connectivity index (χ1) is 9.31. The third kappa shape index (κ3) is 3.02. The van der Waals surface area contributed by atoms with Crippen LogP contribution in [-0.4, -0.2) is 18.2 Å². The smallest absolute Gasteiger partial charge is 0.246 e. The molecule has 3 N–H and O–H groups in total. The first-order valence-electron chi connectivity index (χ1n) is 5.84. The summed E-state index contributed by atoms with van der Waals surface area (Å²) in [5.41, 5.74) is 7.02. The van der Waals surface area contributed by atoms with E-state index in [0.29, 0.717) is 5.69 Å². The number of nitrogens with two attached hydrogens (primary N) is 1. The van der Waals surface area contributed by atoms with Crippen LogP contribution < -0.4 is 10.5 Å². The van der Waals surface area contributed by atoms with Gasteiger partial charge in [0.1, 0.15) is 4.90 Å². The van der Waals surface area contributed by atoms with Crippen LogP contribution >= 0.6 is 15.9 Å². The Kier molecular flexibility index (Phi) is 4.17. The van der Waals surface area contributed by atoms with Crippen molar-refractivity contribution in [2.75, 3.05) is 5.73 Å². The highest BCUT2D eigenvalue weighted by Crippen LogP contribution is 2.21. The van der Waals surface area contributed by atoms with Gasteiger partial charge < -0.3 is 5.73 Å². The minimum absolute atomic E-state index is 0.00624. The fourth-order valence-electron chi connectivity index (χ4n) is 1.84. The summed E-state index contributed by atoms with van der Waals surface area (Å²) < 4.78 is 29.5. The summed E-state index contributed by atoms with van der Waals surface area (Å²) in [5.74, 6) is 0.00624. The zero-order valence-electron chi connectivity index (χ0n) is 11.1. The number of nitrogens with zero attached hydrogens (tertiary/aromatic N) is 2. The van der Waals surface area contributed by atoms with E-state index in [0.717, 1.165) is 10.0 Å². The van der Waals surface area contributed by atoms with Gasteiger partial charge in [-0.2, -0.15) is 5.10 Å². The maximum Gasteiger partial charge on any atom is 0.246 e. The van der Waals surface area contributed by atoms with Crippen molar-refractivity contribution < 1.29 is 8.42 Å². The molecule has 2 rings (SSSR count). The average Bonchev–Trinajstić information content (AvgIpc) is 2.61. The molecule has 108 valence electrons. The number of nitrogens with one attached hydrogen (secondary N) is 1. The van der Waals surface area contributed by atoms with E-state index in [1.54, 1.807) is 14.0 Å². The second-order valence-corrected chi connectivity index (χ2v) is 7.00. The number of rotatable bonds is 4. The highest BCUT2D eigenvalue weighted by atomic mass is 79.9. The first kappa shape index (κ1) is 15.0. The molecule has 0 fully saturated rings. The lowest BCUT2D eigenvalue weighted by atomic mass is 10.2. The van der Waals surface area contributed by atoms with Crippen molar-refractivity contribution >= 4 is 31.8 Å². The Morgan fingerprint density at radius 2 is 2.15 bits per heavy atom. The number of nitrogen functional groups attached to an aromatic ring is 1. The Hall–Kier alpha value is -1.38. The predicted molar refractivity (Wildman–Crippen MR) is 80.5 cm³/mol. The molecular formula is C12H15BrN4O2S. The van der Waals surface area contributed by atoms with Crippen LogP contribution in [0.5, 0.6) is 0 Å². The monoisotopic (exact) mass is 358 g/mol. The molecule has 8 heteroatoms. The highest BCUT2D eigenvalue weighted by Gasteiger charge is 2.24. The Morgan fingerprint density at radius 3 is 2.70 bits per heavy atom. The maximum atomic E-state index is 12.3. The summed E-state index contributed by atoms with van der Waals surface area (Å²) in [6.45, 7) is 1.85. The molecule has 0 unspecified atom stereocenters. The fraction of sp³-hybridized carbons (Fsp3) is 0.250. The standard InChI is InChI=1S/C12H15BrN4O2S/c1-8-11(12(14)16-17(8)2)20(18,19)15-7-9-4-3-5-10(13)6-9/h3-6,15H,7H2,1-2H3,(H2,14,16). The number of hydrogen-bond donors (Lipinski definition) is 2. The van der Waals surface area contributed by atoms with Gasteiger partial charge in [0.15, 0.2) is 5.82 Å². The molecule has 6 nitrogen and oxygen atoms in total. The number of hydrogen-bond acceptors (Lipinski definition) is 4. The molecule has 1 aromatic carbocycles. The number of benzene rings is 1. The third-order valence-electron chi connectivity index (χ3n) is 2.93. The molecule has 0 amide bonds. The van der Waals surface area contributed by atoms with Gasteiger partial charge in [0.25, 0.3) is 0 Å². The molecule has 20 heavy (non-hydrogen) atoms.